The fourth-order valence-electron chi connectivity index (χ4n) is 2.16. The van der Waals surface area contributed by atoms with Gasteiger partial charge >= 0.3 is 0 Å². The molecule has 2 aromatic rings. The van der Waals surface area contributed by atoms with Crippen molar-refractivity contribution in [3.8, 4) is 11.5 Å². The predicted molar refractivity (Wildman–Crippen MR) is 105 cm³/mol. The summed E-state index contributed by atoms with van der Waals surface area (Å²) in [5, 5.41) is 3.53. The summed E-state index contributed by atoms with van der Waals surface area (Å²) >= 11 is 11.9. The number of ether oxygens (including phenoxy) is 2. The third-order valence-electron chi connectivity index (χ3n) is 3.71. The fraction of sp³-hybridized carbons (Fsp3) is 0.263. The molecule has 6 nitrogen and oxygen atoms in total. The smallest absolute Gasteiger partial charge is 0.259 e. The van der Waals surface area contributed by atoms with Crippen LogP contribution in [0.4, 0.5) is 0 Å². The maximum atomic E-state index is 12.3. The minimum atomic E-state index is -0.312. The number of likely N-dealkylation sites (N-methyl/N-ethyl adjacent to an activating group) is 1. The van der Waals surface area contributed by atoms with Gasteiger partial charge in [0.05, 0.1) is 17.7 Å². The van der Waals surface area contributed by atoms with Crippen LogP contribution in [0.15, 0.2) is 36.4 Å². The van der Waals surface area contributed by atoms with Gasteiger partial charge in [-0.15, -0.1) is 0 Å². The van der Waals surface area contributed by atoms with Crippen molar-refractivity contribution in [2.45, 2.75) is 6.54 Å². The van der Waals surface area contributed by atoms with E-state index in [9.17, 15) is 9.59 Å². The van der Waals surface area contributed by atoms with Gasteiger partial charge in [-0.2, -0.15) is 0 Å². The summed E-state index contributed by atoms with van der Waals surface area (Å²) in [4.78, 5) is 25.4. The standard InChI is InChI=1S/C19H20Cl2N2O4/c1-23(2)18(24)11-27-16-7-4-12(8-17(16)26-3)10-22-19(25)14-6-5-13(20)9-15(14)21/h4-9H,10-11H2,1-3H3,(H,22,25). The molecule has 0 heterocycles. The number of halogens is 2. The molecule has 2 aromatic carbocycles. The summed E-state index contributed by atoms with van der Waals surface area (Å²) in [6.45, 7) is 0.180. The van der Waals surface area contributed by atoms with Crippen LogP contribution in [-0.4, -0.2) is 44.5 Å². The number of nitrogens with one attached hydrogen (secondary N) is 1. The molecule has 0 spiro atoms. The molecule has 0 radical (unpaired) electrons. The minimum Gasteiger partial charge on any atom is -0.493 e. The van der Waals surface area contributed by atoms with E-state index in [2.05, 4.69) is 5.32 Å². The van der Waals surface area contributed by atoms with Crippen molar-refractivity contribution >= 4 is 35.0 Å². The molecule has 0 fully saturated rings. The van der Waals surface area contributed by atoms with E-state index in [4.69, 9.17) is 32.7 Å². The largest absolute Gasteiger partial charge is 0.493 e. The normalized spacial score (nSPS) is 10.3. The van der Waals surface area contributed by atoms with Crippen LogP contribution in [0.3, 0.4) is 0 Å². The van der Waals surface area contributed by atoms with Gasteiger partial charge in [-0.1, -0.05) is 29.3 Å². The molecule has 0 unspecified atom stereocenters. The summed E-state index contributed by atoms with van der Waals surface area (Å²) in [5.74, 6) is 0.446. The summed E-state index contributed by atoms with van der Waals surface area (Å²) in [5.41, 5.74) is 1.15. The lowest BCUT2D eigenvalue weighted by Gasteiger charge is -2.14. The van der Waals surface area contributed by atoms with E-state index in [1.807, 2.05) is 0 Å². The number of carbonyl (C=O) groups excluding carboxylic acids is 2. The van der Waals surface area contributed by atoms with Crippen molar-refractivity contribution in [3.05, 3.63) is 57.6 Å². The molecule has 0 aliphatic heterocycles. The number of nitrogens with zero attached hydrogens (tertiary/aromatic N) is 1. The molecule has 0 atom stereocenters. The first kappa shape index (κ1) is 20.9. The number of benzene rings is 2. The van der Waals surface area contributed by atoms with Gasteiger partial charge in [0.15, 0.2) is 18.1 Å². The van der Waals surface area contributed by atoms with Crippen LogP contribution in [0.2, 0.25) is 10.0 Å². The Kier molecular flexibility index (Phi) is 7.33. The van der Waals surface area contributed by atoms with Crippen LogP contribution >= 0.6 is 23.2 Å². The van der Waals surface area contributed by atoms with Crippen LogP contribution in [0.5, 0.6) is 11.5 Å². The van der Waals surface area contributed by atoms with E-state index in [0.717, 1.165) is 5.56 Å². The Hall–Kier alpha value is -2.44. The van der Waals surface area contributed by atoms with E-state index in [1.54, 1.807) is 44.4 Å². The Morgan fingerprint density at radius 3 is 2.44 bits per heavy atom. The van der Waals surface area contributed by atoms with E-state index in [1.165, 1.54) is 18.1 Å². The number of hydrogen-bond acceptors (Lipinski definition) is 4. The topological polar surface area (TPSA) is 67.9 Å². The quantitative estimate of drug-likeness (QED) is 0.759. The molecule has 0 saturated carbocycles. The first-order chi connectivity index (χ1) is 12.8. The summed E-state index contributed by atoms with van der Waals surface area (Å²) < 4.78 is 10.8. The Bertz CT molecular complexity index is 840. The van der Waals surface area contributed by atoms with Crippen LogP contribution < -0.4 is 14.8 Å². The SMILES string of the molecule is COc1cc(CNC(=O)c2ccc(Cl)cc2Cl)ccc1OCC(=O)N(C)C. The van der Waals surface area contributed by atoms with Gasteiger partial charge in [-0.25, -0.2) is 0 Å². The van der Waals surface area contributed by atoms with Crippen molar-refractivity contribution in [1.82, 2.24) is 10.2 Å². The zero-order valence-electron chi connectivity index (χ0n) is 15.2. The van der Waals surface area contributed by atoms with Crippen LogP contribution in [0, 0.1) is 0 Å². The minimum absolute atomic E-state index is 0.0888. The second-order valence-corrected chi connectivity index (χ2v) is 6.71. The van der Waals surface area contributed by atoms with Crippen molar-refractivity contribution in [2.75, 3.05) is 27.8 Å². The Morgan fingerprint density at radius 2 is 1.81 bits per heavy atom. The van der Waals surface area contributed by atoms with Crippen molar-refractivity contribution in [1.29, 1.82) is 0 Å². The second-order valence-electron chi connectivity index (χ2n) is 5.87. The lowest BCUT2D eigenvalue weighted by Crippen LogP contribution is -2.27. The molecule has 0 bridgehead atoms. The van der Waals surface area contributed by atoms with E-state index < -0.39 is 0 Å². The Balaban J connectivity index is 2.02. The van der Waals surface area contributed by atoms with Crippen LogP contribution in [0.25, 0.3) is 0 Å². The Labute approximate surface area is 168 Å². The monoisotopic (exact) mass is 410 g/mol. The van der Waals surface area contributed by atoms with Gasteiger partial charge in [0.25, 0.3) is 11.8 Å². The predicted octanol–water partition coefficient (Wildman–Crippen LogP) is 3.40. The molecular formula is C19H20Cl2N2O4. The highest BCUT2D eigenvalue weighted by Crippen LogP contribution is 2.28. The molecule has 0 aliphatic rings. The number of hydrogen-bond donors (Lipinski definition) is 1. The van der Waals surface area contributed by atoms with Gasteiger partial charge in [0.1, 0.15) is 0 Å². The highest BCUT2D eigenvalue weighted by atomic mass is 35.5. The van der Waals surface area contributed by atoms with Crippen LogP contribution in [0.1, 0.15) is 15.9 Å². The van der Waals surface area contributed by atoms with Gasteiger partial charge in [0, 0.05) is 25.7 Å². The maximum absolute atomic E-state index is 12.3. The number of methoxy groups -OCH3 is 1. The number of carbonyl (C=O) groups is 2. The molecule has 0 aliphatic carbocycles. The molecule has 2 amide bonds. The van der Waals surface area contributed by atoms with E-state index in [0.29, 0.717) is 22.1 Å². The maximum Gasteiger partial charge on any atom is 0.259 e. The van der Waals surface area contributed by atoms with Crippen molar-refractivity contribution < 1.29 is 19.1 Å². The highest BCUT2D eigenvalue weighted by molar-refractivity contribution is 6.36. The van der Waals surface area contributed by atoms with E-state index in [-0.39, 0.29) is 30.0 Å². The van der Waals surface area contributed by atoms with Gasteiger partial charge in [-0.05, 0) is 35.9 Å². The Morgan fingerprint density at radius 1 is 1.07 bits per heavy atom. The first-order valence-electron chi connectivity index (χ1n) is 8.05. The van der Waals surface area contributed by atoms with Gasteiger partial charge in [-0.3, -0.25) is 9.59 Å². The third kappa shape index (κ3) is 5.77. The second kappa shape index (κ2) is 9.48. The molecule has 8 heteroatoms. The average Bonchev–Trinajstić information content (AvgIpc) is 2.64. The van der Waals surface area contributed by atoms with Crippen molar-refractivity contribution in [3.63, 3.8) is 0 Å². The van der Waals surface area contributed by atoms with Crippen molar-refractivity contribution in [2.24, 2.45) is 0 Å². The zero-order chi connectivity index (χ0) is 20.0. The third-order valence-corrected chi connectivity index (χ3v) is 4.25. The highest BCUT2D eigenvalue weighted by Gasteiger charge is 2.12. The van der Waals surface area contributed by atoms with E-state index >= 15 is 0 Å². The van der Waals surface area contributed by atoms with Crippen LogP contribution in [-0.2, 0) is 11.3 Å². The van der Waals surface area contributed by atoms with Gasteiger partial charge < -0.3 is 19.7 Å². The summed E-state index contributed by atoms with van der Waals surface area (Å²) in [6.07, 6.45) is 0. The number of amides is 2. The van der Waals surface area contributed by atoms with Gasteiger partial charge in [0.2, 0.25) is 0 Å². The molecule has 0 saturated heterocycles. The molecular weight excluding hydrogens is 391 g/mol. The molecule has 27 heavy (non-hydrogen) atoms. The average molecular weight is 411 g/mol. The molecule has 144 valence electrons. The lowest BCUT2D eigenvalue weighted by atomic mass is 10.1. The molecule has 0 aromatic heterocycles. The first-order valence-corrected chi connectivity index (χ1v) is 8.80. The fourth-order valence-corrected chi connectivity index (χ4v) is 2.66. The molecule has 2 rings (SSSR count). The molecule has 1 N–H and O–H groups in total. The summed E-state index contributed by atoms with van der Waals surface area (Å²) in [6, 6.07) is 9.90. The summed E-state index contributed by atoms with van der Waals surface area (Å²) in [7, 11) is 4.81. The number of rotatable bonds is 7. The lowest BCUT2D eigenvalue weighted by molar-refractivity contribution is -0.130. The zero-order valence-corrected chi connectivity index (χ0v) is 16.7.